The lowest BCUT2D eigenvalue weighted by molar-refractivity contribution is 0.727. The molecule has 0 rings (SSSR count). The molecule has 0 aromatic carbocycles. The summed E-state index contributed by atoms with van der Waals surface area (Å²) >= 11 is 0. The summed E-state index contributed by atoms with van der Waals surface area (Å²) in [4.78, 5) is 0. The highest BCUT2D eigenvalue weighted by atomic mass is 13.9. The van der Waals surface area contributed by atoms with E-state index in [1.165, 1.54) is 25.7 Å². The van der Waals surface area contributed by atoms with Crippen molar-refractivity contribution in [2.24, 2.45) is 0 Å². The highest BCUT2D eigenvalue weighted by Gasteiger charge is 1.81. The van der Waals surface area contributed by atoms with Crippen molar-refractivity contribution in [2.45, 2.75) is 58.8 Å². The third kappa shape index (κ3) is 11.5. The molecule has 0 aliphatic heterocycles. The lowest BCUT2D eigenvalue weighted by Crippen LogP contribution is -1.71. The maximum absolute atomic E-state index is 3.33. The van der Waals surface area contributed by atoms with E-state index in [0.29, 0.717) is 0 Å². The van der Waals surface area contributed by atoms with Crippen LogP contribution in [-0.4, -0.2) is 0 Å². The van der Waals surface area contributed by atoms with Crippen LogP contribution in [0.5, 0.6) is 0 Å². The highest BCUT2D eigenvalue weighted by Crippen LogP contribution is 2.00. The van der Waals surface area contributed by atoms with Crippen molar-refractivity contribution >= 4 is 0 Å². The Balaban J connectivity index is 3.07. The van der Waals surface area contributed by atoms with Crippen LogP contribution in [0, 0.1) is 6.08 Å². The second-order valence-electron chi connectivity index (χ2n) is 3.32. The van der Waals surface area contributed by atoms with Crippen LogP contribution in [0.3, 0.4) is 0 Å². The quantitative estimate of drug-likeness (QED) is 0.375. The minimum Gasteiger partial charge on any atom is -0.0888 e. The van der Waals surface area contributed by atoms with Gasteiger partial charge in [-0.1, -0.05) is 44.9 Å². The van der Waals surface area contributed by atoms with E-state index in [-0.39, 0.29) is 0 Å². The average Bonchev–Trinajstić information content (AvgIpc) is 2.16. The molecule has 0 atom stereocenters. The molecule has 75 valence electrons. The largest absolute Gasteiger partial charge is 0.0888 e. The van der Waals surface area contributed by atoms with Crippen molar-refractivity contribution in [3.05, 3.63) is 24.3 Å². The van der Waals surface area contributed by atoms with Gasteiger partial charge in [0.05, 0.1) is 0 Å². The van der Waals surface area contributed by atoms with E-state index in [4.69, 9.17) is 0 Å². The maximum Gasteiger partial charge on any atom is -0.0245 e. The van der Waals surface area contributed by atoms with Gasteiger partial charge in [-0.3, -0.25) is 0 Å². The Morgan fingerprint density at radius 2 is 1.85 bits per heavy atom. The molecule has 0 nitrogen and oxygen atoms in total. The molecule has 0 amide bonds. The predicted octanol–water partition coefficient (Wildman–Crippen LogP) is 4.67. The van der Waals surface area contributed by atoms with E-state index in [9.17, 15) is 0 Å². The minimum absolute atomic E-state index is 1.09. The van der Waals surface area contributed by atoms with Crippen LogP contribution in [0.15, 0.2) is 18.2 Å². The number of hydrogen-bond acceptors (Lipinski definition) is 0. The van der Waals surface area contributed by atoms with Crippen LogP contribution in [0.2, 0.25) is 0 Å². The highest BCUT2D eigenvalue weighted by molar-refractivity contribution is 4.83. The van der Waals surface area contributed by atoms with E-state index in [0.717, 1.165) is 19.3 Å². The van der Waals surface area contributed by atoms with Crippen LogP contribution in [-0.2, 0) is 0 Å². The molecule has 0 spiro atoms. The molecule has 1 radical (unpaired) electrons. The van der Waals surface area contributed by atoms with Gasteiger partial charge in [0.2, 0.25) is 0 Å². The molecular formula is C13H23. The van der Waals surface area contributed by atoms with Crippen LogP contribution >= 0.6 is 0 Å². The van der Waals surface area contributed by atoms with E-state index in [1.807, 2.05) is 0 Å². The molecule has 0 unspecified atom stereocenters. The van der Waals surface area contributed by atoms with Gasteiger partial charge in [-0.05, 0) is 38.2 Å². The number of rotatable bonds is 8. The molecule has 0 N–H and O–H groups in total. The Kier molecular flexibility index (Phi) is 11.0. The lowest BCUT2D eigenvalue weighted by atomic mass is 10.2. The monoisotopic (exact) mass is 179 g/mol. The van der Waals surface area contributed by atoms with Gasteiger partial charge in [0.25, 0.3) is 0 Å². The van der Waals surface area contributed by atoms with Crippen molar-refractivity contribution in [2.75, 3.05) is 0 Å². The van der Waals surface area contributed by atoms with Gasteiger partial charge in [-0.2, -0.15) is 0 Å². The summed E-state index contributed by atoms with van der Waals surface area (Å²) < 4.78 is 0. The van der Waals surface area contributed by atoms with E-state index in [1.54, 1.807) is 0 Å². The van der Waals surface area contributed by atoms with Gasteiger partial charge >= 0.3 is 0 Å². The zero-order valence-electron chi connectivity index (χ0n) is 9.18. The van der Waals surface area contributed by atoms with Crippen molar-refractivity contribution in [1.29, 1.82) is 0 Å². The zero-order chi connectivity index (χ0) is 9.78. The summed E-state index contributed by atoms with van der Waals surface area (Å²) in [6, 6.07) is 0. The molecule has 13 heavy (non-hydrogen) atoms. The van der Waals surface area contributed by atoms with Crippen LogP contribution in [0.4, 0.5) is 0 Å². The van der Waals surface area contributed by atoms with Crippen molar-refractivity contribution in [1.82, 2.24) is 0 Å². The van der Waals surface area contributed by atoms with Crippen LogP contribution in [0.25, 0.3) is 0 Å². The second kappa shape index (κ2) is 11.5. The smallest absolute Gasteiger partial charge is 0.0245 e. The summed E-state index contributed by atoms with van der Waals surface area (Å²) in [6.45, 7) is 4.41. The number of allylic oxidation sites excluding steroid dienone is 4. The minimum atomic E-state index is 1.09. The summed E-state index contributed by atoms with van der Waals surface area (Å²) in [5, 5.41) is 0. The first-order valence-electron chi connectivity index (χ1n) is 5.61. The molecule has 0 saturated carbocycles. The van der Waals surface area contributed by atoms with Gasteiger partial charge in [0.15, 0.2) is 0 Å². The molecule has 0 fully saturated rings. The molecule has 0 aromatic rings. The van der Waals surface area contributed by atoms with Gasteiger partial charge < -0.3 is 0 Å². The standard InChI is InChI=1S/C13H23/c1-3-5-7-9-11-13-12-10-8-6-4-2/h5,7,12H,3-4,6,8-11H2,1-2H3. The summed E-state index contributed by atoms with van der Waals surface area (Å²) in [5.74, 6) is 0. The first-order chi connectivity index (χ1) is 6.41. The van der Waals surface area contributed by atoms with Crippen LogP contribution < -0.4 is 0 Å². The zero-order valence-corrected chi connectivity index (χ0v) is 9.18. The van der Waals surface area contributed by atoms with E-state index in [2.05, 4.69) is 38.2 Å². The molecule has 0 aliphatic carbocycles. The molecule has 0 bridgehead atoms. The van der Waals surface area contributed by atoms with Gasteiger partial charge in [-0.25, -0.2) is 0 Å². The number of hydrogen-bond donors (Lipinski definition) is 0. The molecule has 0 aromatic heterocycles. The molecule has 0 aliphatic rings. The molecule has 0 saturated heterocycles. The fraction of sp³-hybridized carbons (Fsp3) is 0.692. The third-order valence-electron chi connectivity index (χ3n) is 1.95. The Bertz CT molecular complexity index is 131. The first-order valence-corrected chi connectivity index (χ1v) is 5.61. The SMILES string of the molecule is CCC=CCC/[C]=C/CCCCC. The third-order valence-corrected chi connectivity index (χ3v) is 1.95. The molecular weight excluding hydrogens is 156 g/mol. The van der Waals surface area contributed by atoms with Gasteiger partial charge in [-0.15, -0.1) is 0 Å². The second-order valence-corrected chi connectivity index (χ2v) is 3.32. The summed E-state index contributed by atoms with van der Waals surface area (Å²) in [5.41, 5.74) is 0. The fourth-order valence-electron chi connectivity index (χ4n) is 1.15. The number of unbranched alkanes of at least 4 members (excludes halogenated alkanes) is 4. The molecule has 0 heterocycles. The Morgan fingerprint density at radius 3 is 2.54 bits per heavy atom. The Hall–Kier alpha value is -0.520. The first kappa shape index (κ1) is 12.5. The van der Waals surface area contributed by atoms with Gasteiger partial charge in [0.1, 0.15) is 0 Å². The Morgan fingerprint density at radius 1 is 1.00 bits per heavy atom. The van der Waals surface area contributed by atoms with Crippen molar-refractivity contribution in [3.63, 3.8) is 0 Å². The lowest BCUT2D eigenvalue weighted by Gasteiger charge is -1.91. The fourth-order valence-corrected chi connectivity index (χ4v) is 1.15. The average molecular weight is 179 g/mol. The van der Waals surface area contributed by atoms with Gasteiger partial charge in [0, 0.05) is 0 Å². The topological polar surface area (TPSA) is 0 Å². The van der Waals surface area contributed by atoms with Crippen LogP contribution in [0.1, 0.15) is 58.8 Å². The van der Waals surface area contributed by atoms with E-state index >= 15 is 0 Å². The summed E-state index contributed by atoms with van der Waals surface area (Å²) in [6.07, 6.45) is 18.6. The van der Waals surface area contributed by atoms with Crippen molar-refractivity contribution < 1.29 is 0 Å². The Labute approximate surface area is 83.7 Å². The summed E-state index contributed by atoms with van der Waals surface area (Å²) in [7, 11) is 0. The maximum atomic E-state index is 3.33. The molecule has 0 heteroatoms. The predicted molar refractivity (Wildman–Crippen MR) is 60.6 cm³/mol. The van der Waals surface area contributed by atoms with Crippen molar-refractivity contribution in [3.8, 4) is 0 Å². The van der Waals surface area contributed by atoms with E-state index < -0.39 is 0 Å². The normalized spacial score (nSPS) is 11.8.